The van der Waals surface area contributed by atoms with E-state index < -0.39 is 32.3 Å². The highest BCUT2D eigenvalue weighted by atomic mass is 32.2. The molecule has 2 fully saturated rings. The minimum absolute atomic E-state index is 0.00413. The Labute approximate surface area is 188 Å². The summed E-state index contributed by atoms with van der Waals surface area (Å²) in [5.41, 5.74) is -0.0578. The first-order valence-electron chi connectivity index (χ1n) is 11.0. The first-order chi connectivity index (χ1) is 15.3. The van der Waals surface area contributed by atoms with Crippen molar-refractivity contribution in [3.05, 3.63) is 70.8 Å². The molecular formula is C24H29F2NO4S. The van der Waals surface area contributed by atoms with Crippen molar-refractivity contribution in [2.24, 2.45) is 0 Å². The summed E-state index contributed by atoms with van der Waals surface area (Å²) in [4.78, 5) is 0. The maximum absolute atomic E-state index is 15.1. The molecule has 8 heteroatoms. The van der Waals surface area contributed by atoms with Crippen LogP contribution in [0.4, 0.5) is 8.78 Å². The zero-order valence-corrected chi connectivity index (χ0v) is 19.0. The molecule has 0 aromatic heterocycles. The van der Waals surface area contributed by atoms with Crippen molar-refractivity contribution < 1.29 is 27.0 Å². The first-order valence-corrected chi connectivity index (χ1v) is 12.5. The molecule has 0 radical (unpaired) electrons. The number of hydrogen-bond acceptors (Lipinski definition) is 4. The van der Waals surface area contributed by atoms with Gasteiger partial charge in [-0.1, -0.05) is 30.3 Å². The molecule has 0 spiro atoms. The molecule has 174 valence electrons. The zero-order valence-electron chi connectivity index (χ0n) is 18.1. The molecule has 1 N–H and O–H groups in total. The van der Waals surface area contributed by atoms with Gasteiger partial charge in [0.1, 0.15) is 16.9 Å². The van der Waals surface area contributed by atoms with Crippen molar-refractivity contribution in [3.8, 4) is 0 Å². The van der Waals surface area contributed by atoms with Crippen molar-refractivity contribution in [3.63, 3.8) is 0 Å². The summed E-state index contributed by atoms with van der Waals surface area (Å²) in [6.07, 6.45) is 1.92. The second-order valence-corrected chi connectivity index (χ2v) is 11.0. The van der Waals surface area contributed by atoms with Gasteiger partial charge in [-0.2, -0.15) is 4.31 Å². The number of benzene rings is 2. The molecule has 2 aliphatic heterocycles. The quantitative estimate of drug-likeness (QED) is 0.723. The monoisotopic (exact) mass is 465 g/mol. The molecular weight excluding hydrogens is 436 g/mol. The van der Waals surface area contributed by atoms with Crippen LogP contribution in [-0.4, -0.2) is 43.7 Å². The summed E-state index contributed by atoms with van der Waals surface area (Å²) in [6.45, 7) is 2.00. The highest BCUT2D eigenvalue weighted by molar-refractivity contribution is 7.89. The molecule has 2 atom stereocenters. The molecule has 2 aromatic rings. The molecule has 0 unspecified atom stereocenters. The minimum atomic E-state index is -3.75. The van der Waals surface area contributed by atoms with Gasteiger partial charge >= 0.3 is 0 Å². The molecule has 2 aliphatic rings. The molecule has 2 heterocycles. The predicted molar refractivity (Wildman–Crippen MR) is 118 cm³/mol. The molecule has 2 saturated heterocycles. The van der Waals surface area contributed by atoms with Crippen LogP contribution in [0.5, 0.6) is 0 Å². The number of sulfonamides is 1. The fourth-order valence-corrected chi connectivity index (χ4v) is 7.10. The van der Waals surface area contributed by atoms with E-state index in [4.69, 9.17) is 4.74 Å². The number of ether oxygens (including phenoxy) is 1. The average Bonchev–Trinajstić information content (AvgIpc) is 2.79. The van der Waals surface area contributed by atoms with E-state index in [0.717, 1.165) is 12.1 Å². The lowest BCUT2D eigenvalue weighted by molar-refractivity contribution is 0.0237. The Hall–Kier alpha value is -1.87. The Morgan fingerprint density at radius 2 is 1.78 bits per heavy atom. The number of aliphatic hydroxyl groups is 1. The highest BCUT2D eigenvalue weighted by Gasteiger charge is 2.41. The van der Waals surface area contributed by atoms with Crippen molar-refractivity contribution in [1.29, 1.82) is 0 Å². The third-order valence-corrected chi connectivity index (χ3v) is 9.35. The SMILES string of the molecule is C[C@H]1CC[C@H](c2ccccc2)S(=O)(=O)N1Cc1cc(F)c(C2(CO)CCOCC2)cc1F. The third kappa shape index (κ3) is 4.21. The molecule has 0 bridgehead atoms. The van der Waals surface area contributed by atoms with Crippen molar-refractivity contribution >= 4 is 10.0 Å². The largest absolute Gasteiger partial charge is 0.395 e. The molecule has 0 saturated carbocycles. The van der Waals surface area contributed by atoms with Gasteiger partial charge in [-0.15, -0.1) is 0 Å². The van der Waals surface area contributed by atoms with Crippen molar-refractivity contribution in [2.45, 2.75) is 55.9 Å². The molecule has 2 aromatic carbocycles. The first kappa shape index (κ1) is 23.3. The van der Waals surface area contributed by atoms with Crippen LogP contribution in [-0.2, 0) is 26.7 Å². The fraction of sp³-hybridized carbons (Fsp3) is 0.500. The van der Waals surface area contributed by atoms with Gasteiger partial charge in [0.15, 0.2) is 0 Å². The van der Waals surface area contributed by atoms with Gasteiger partial charge in [-0.05, 0) is 55.9 Å². The van der Waals surface area contributed by atoms with Gasteiger partial charge in [0.2, 0.25) is 10.0 Å². The van der Waals surface area contributed by atoms with E-state index in [9.17, 15) is 13.5 Å². The normalized spacial score (nSPS) is 25.5. The number of nitrogens with zero attached hydrogens (tertiary/aromatic N) is 1. The van der Waals surface area contributed by atoms with Crippen LogP contribution < -0.4 is 0 Å². The zero-order chi connectivity index (χ0) is 22.9. The summed E-state index contributed by atoms with van der Waals surface area (Å²) in [5, 5.41) is 9.25. The van der Waals surface area contributed by atoms with Crippen molar-refractivity contribution in [1.82, 2.24) is 4.31 Å². The Morgan fingerprint density at radius 3 is 2.44 bits per heavy atom. The number of halogens is 2. The molecule has 32 heavy (non-hydrogen) atoms. The highest BCUT2D eigenvalue weighted by Crippen LogP contribution is 2.40. The van der Waals surface area contributed by atoms with E-state index in [1.54, 1.807) is 31.2 Å². The molecule has 5 nitrogen and oxygen atoms in total. The Kier molecular flexibility index (Phi) is 6.68. The standard InChI is InChI=1S/C24H29F2NO4S/c1-17-7-8-23(18-5-3-2-4-6-18)32(29,30)27(17)15-19-13-22(26)20(14-21(19)25)24(16-28)9-11-31-12-10-24/h2-6,13-14,17,23,28H,7-12,15-16H2,1H3/t17-,23+/m0/s1. The molecule has 0 aliphatic carbocycles. The second-order valence-electron chi connectivity index (χ2n) is 8.89. The topological polar surface area (TPSA) is 66.8 Å². The van der Waals surface area contributed by atoms with Crippen LogP contribution in [0.2, 0.25) is 0 Å². The lowest BCUT2D eigenvalue weighted by Gasteiger charge is -2.38. The van der Waals surface area contributed by atoms with Crippen molar-refractivity contribution in [2.75, 3.05) is 19.8 Å². The van der Waals surface area contributed by atoms with Gasteiger partial charge < -0.3 is 9.84 Å². The van der Waals surface area contributed by atoms with Gasteiger partial charge in [0.25, 0.3) is 0 Å². The smallest absolute Gasteiger partial charge is 0.221 e. The van der Waals surface area contributed by atoms with Crippen LogP contribution in [0.15, 0.2) is 42.5 Å². The van der Waals surface area contributed by atoms with Gasteiger partial charge in [-0.3, -0.25) is 0 Å². The van der Waals surface area contributed by atoms with E-state index in [1.807, 2.05) is 6.07 Å². The fourth-order valence-electron chi connectivity index (χ4n) is 4.91. The summed E-state index contributed by atoms with van der Waals surface area (Å²) in [5.74, 6) is -1.29. The van der Waals surface area contributed by atoms with Crippen LogP contribution in [0.25, 0.3) is 0 Å². The van der Waals surface area contributed by atoms with E-state index in [1.165, 1.54) is 4.31 Å². The van der Waals surface area contributed by atoms with E-state index in [2.05, 4.69) is 0 Å². The van der Waals surface area contributed by atoms with Gasteiger partial charge in [0, 0.05) is 36.8 Å². The summed E-state index contributed by atoms with van der Waals surface area (Å²) < 4.78 is 63.7. The lowest BCUT2D eigenvalue weighted by atomic mass is 9.74. The van der Waals surface area contributed by atoms with Crippen LogP contribution in [0, 0.1) is 11.6 Å². The number of hydrogen-bond donors (Lipinski definition) is 1. The van der Waals surface area contributed by atoms with Crippen LogP contribution in [0.1, 0.15) is 54.5 Å². The van der Waals surface area contributed by atoms with Gasteiger partial charge in [0.05, 0.1) is 6.61 Å². The average molecular weight is 466 g/mol. The lowest BCUT2D eigenvalue weighted by Crippen LogP contribution is -2.45. The van der Waals surface area contributed by atoms with Crippen LogP contribution in [0.3, 0.4) is 0 Å². The second kappa shape index (κ2) is 9.17. The minimum Gasteiger partial charge on any atom is -0.395 e. The van der Waals surface area contributed by atoms with Gasteiger partial charge in [-0.25, -0.2) is 17.2 Å². The summed E-state index contributed by atoms with van der Waals surface area (Å²) in [7, 11) is -3.75. The maximum atomic E-state index is 15.1. The van der Waals surface area contributed by atoms with Crippen LogP contribution >= 0.6 is 0 Å². The Bertz CT molecular complexity index is 1060. The number of aliphatic hydroxyl groups excluding tert-OH is 1. The van der Waals surface area contributed by atoms with E-state index >= 15 is 8.78 Å². The number of rotatable bonds is 5. The molecule has 0 amide bonds. The van der Waals surface area contributed by atoms with E-state index in [-0.39, 0.29) is 30.3 Å². The van der Waals surface area contributed by atoms with E-state index in [0.29, 0.717) is 44.5 Å². The maximum Gasteiger partial charge on any atom is 0.221 e. The summed E-state index contributed by atoms with van der Waals surface area (Å²) >= 11 is 0. The third-order valence-electron chi connectivity index (χ3n) is 6.98. The molecule has 4 rings (SSSR count). The Morgan fingerprint density at radius 1 is 1.09 bits per heavy atom. The Balaban J connectivity index is 1.65. The summed E-state index contributed by atoms with van der Waals surface area (Å²) in [6, 6.07) is 10.9. The predicted octanol–water partition coefficient (Wildman–Crippen LogP) is 4.06.